The van der Waals surface area contributed by atoms with Crippen LogP contribution in [0.25, 0.3) is 0 Å². The molecule has 0 aromatic carbocycles. The van der Waals surface area contributed by atoms with E-state index in [1.165, 1.54) is 5.28 Å². The van der Waals surface area contributed by atoms with E-state index < -0.39 is 0 Å². The normalized spacial score (nSPS) is 7.00. The fraction of sp³-hybridized carbons (Fsp3) is 1.00. The van der Waals surface area contributed by atoms with Crippen molar-refractivity contribution in [2.75, 3.05) is 0 Å². The fourth-order valence-corrected chi connectivity index (χ4v) is 0. The van der Waals surface area contributed by atoms with E-state index in [1.54, 1.807) is 0 Å². The maximum atomic E-state index is 2.69. The molecule has 0 rings (SSSR count). The van der Waals surface area contributed by atoms with Crippen LogP contribution in [0.1, 0.15) is 13.8 Å². The van der Waals surface area contributed by atoms with Crippen LogP contribution in [-0.4, -0.2) is 16.3 Å². The third kappa shape index (κ3) is 18.5. The van der Waals surface area contributed by atoms with Crippen molar-refractivity contribution in [1.29, 1.82) is 0 Å². The van der Waals surface area contributed by atoms with Gasteiger partial charge in [0.15, 0.2) is 0 Å². The summed E-state index contributed by atoms with van der Waals surface area (Å²) in [7, 11) is 0. The van der Waals surface area contributed by atoms with E-state index in [0.29, 0.717) is 0 Å². The van der Waals surface area contributed by atoms with Gasteiger partial charge in [0.1, 0.15) is 0 Å². The van der Waals surface area contributed by atoms with E-state index in [9.17, 15) is 0 Å². The first-order valence-corrected chi connectivity index (χ1v) is 2.79. The zero-order valence-electron chi connectivity index (χ0n) is 4.62. The monoisotopic (exact) mass is 242 g/mol. The molecule has 0 aromatic rings. The molecule has 42 valence electrons. The van der Waals surface area contributed by atoms with Crippen LogP contribution >= 0.6 is 0 Å². The van der Waals surface area contributed by atoms with E-state index in [-0.39, 0.29) is 34.0 Å². The van der Waals surface area contributed by atoms with Gasteiger partial charge < -0.3 is 34.0 Å². The largest absolute Gasteiger partial charge is 1.00 e. The number of rotatable bonds is 1. The molecule has 0 spiro atoms. The molecule has 0 amide bonds. The van der Waals surface area contributed by atoms with Crippen LogP contribution in [0.4, 0.5) is 0 Å². The third-order valence-corrected chi connectivity index (χ3v) is 1.41. The summed E-state index contributed by atoms with van der Waals surface area (Å²) in [6.45, 7) is 4.40. The molecule has 3 heteroatoms. The Bertz CT molecular complexity index is 23.7. The molecule has 0 bridgehead atoms. The molecule has 0 nitrogen and oxygen atoms in total. The van der Waals surface area contributed by atoms with Crippen molar-refractivity contribution in [2.24, 2.45) is 5.92 Å². The van der Waals surface area contributed by atoms with Gasteiger partial charge in [-0.05, 0) is 0 Å². The Kier molecular flexibility index (Phi) is 23.6. The molecule has 0 radical (unpaired) electrons. The molecule has 0 atom stereocenters. The maximum Gasteiger partial charge on any atom is -1.00 e. The van der Waals surface area contributed by atoms with E-state index in [0.717, 1.165) is 5.92 Å². The SMILES string of the molecule is CC(C)[CH2][Al+2].[Br-].[Br-]. The minimum absolute atomic E-state index is 0. The summed E-state index contributed by atoms with van der Waals surface area (Å²) >= 11 is 2.69. The Balaban J connectivity index is -0.0000000800. The van der Waals surface area contributed by atoms with Crippen LogP contribution in [0.15, 0.2) is 0 Å². The van der Waals surface area contributed by atoms with Gasteiger partial charge in [0.05, 0.1) is 0 Å². The minimum Gasteiger partial charge on any atom is -1.00 e. The summed E-state index contributed by atoms with van der Waals surface area (Å²) < 4.78 is 0. The van der Waals surface area contributed by atoms with Crippen molar-refractivity contribution in [2.45, 2.75) is 19.1 Å². The van der Waals surface area contributed by atoms with Crippen molar-refractivity contribution >= 4 is 16.3 Å². The minimum atomic E-state index is 0. The summed E-state index contributed by atoms with van der Waals surface area (Å²) in [5.74, 6) is 0.847. The molecule has 7 heavy (non-hydrogen) atoms. The van der Waals surface area contributed by atoms with Crippen LogP contribution in [0.2, 0.25) is 5.28 Å². The van der Waals surface area contributed by atoms with Gasteiger partial charge in [-0.3, -0.25) is 0 Å². The van der Waals surface area contributed by atoms with Gasteiger partial charge in [-0.25, -0.2) is 0 Å². The predicted molar refractivity (Wildman–Crippen MR) is 25.4 cm³/mol. The van der Waals surface area contributed by atoms with E-state index in [1.807, 2.05) is 0 Å². The fourth-order valence-electron chi connectivity index (χ4n) is 0. The average molecular weight is 244 g/mol. The van der Waals surface area contributed by atoms with Crippen LogP contribution in [0.3, 0.4) is 0 Å². The number of halogens is 2. The molecule has 0 saturated heterocycles. The molecular formula is C4H9AlBr2. The molecule has 0 saturated carbocycles. The van der Waals surface area contributed by atoms with E-state index >= 15 is 0 Å². The molecule has 0 aromatic heterocycles. The summed E-state index contributed by atoms with van der Waals surface area (Å²) in [6.07, 6.45) is 0. The maximum absolute atomic E-state index is 2.69. The Morgan fingerprint density at radius 1 is 1.29 bits per heavy atom. The Morgan fingerprint density at radius 3 is 1.43 bits per heavy atom. The quantitative estimate of drug-likeness (QED) is 0.406. The first kappa shape index (κ1) is 15.8. The number of hydrogen-bond donors (Lipinski definition) is 0. The van der Waals surface area contributed by atoms with Gasteiger partial charge >= 0.3 is 41.3 Å². The van der Waals surface area contributed by atoms with Crippen LogP contribution in [0.5, 0.6) is 0 Å². The summed E-state index contributed by atoms with van der Waals surface area (Å²) in [4.78, 5) is 0. The smallest absolute Gasteiger partial charge is 1.00 e. The standard InChI is InChI=1S/C4H9.Al.2BrH/c1-4(2)3;;;/h4H,1H2,2-3H3;;2*1H/q;+2;;/p-2. The van der Waals surface area contributed by atoms with Gasteiger partial charge in [0, 0.05) is 0 Å². The Morgan fingerprint density at radius 2 is 1.43 bits per heavy atom. The van der Waals surface area contributed by atoms with Crippen molar-refractivity contribution in [3.05, 3.63) is 0 Å². The van der Waals surface area contributed by atoms with E-state index in [4.69, 9.17) is 0 Å². The van der Waals surface area contributed by atoms with Crippen LogP contribution < -0.4 is 34.0 Å². The van der Waals surface area contributed by atoms with Crippen LogP contribution in [-0.2, 0) is 0 Å². The summed E-state index contributed by atoms with van der Waals surface area (Å²) in [5, 5.41) is 1.22. The summed E-state index contributed by atoms with van der Waals surface area (Å²) in [5.41, 5.74) is 0. The first-order valence-electron chi connectivity index (χ1n) is 1.97. The van der Waals surface area contributed by atoms with Crippen molar-refractivity contribution in [1.82, 2.24) is 0 Å². The second-order valence-electron chi connectivity index (χ2n) is 1.63. The predicted octanol–water partition coefficient (Wildman–Crippen LogP) is -4.76. The Hall–Kier alpha value is 1.49. The summed E-state index contributed by atoms with van der Waals surface area (Å²) in [6, 6.07) is 0. The van der Waals surface area contributed by atoms with Crippen molar-refractivity contribution in [3.8, 4) is 0 Å². The van der Waals surface area contributed by atoms with Gasteiger partial charge in [0.2, 0.25) is 0 Å². The topological polar surface area (TPSA) is 0 Å². The molecule has 0 heterocycles. The van der Waals surface area contributed by atoms with Gasteiger partial charge in [-0.2, -0.15) is 0 Å². The van der Waals surface area contributed by atoms with Gasteiger partial charge in [-0.1, -0.05) is 0 Å². The second kappa shape index (κ2) is 10.5. The molecule has 0 N–H and O–H groups in total. The average Bonchev–Trinajstić information content (AvgIpc) is 1.38. The van der Waals surface area contributed by atoms with Crippen molar-refractivity contribution in [3.63, 3.8) is 0 Å². The third-order valence-electron chi connectivity index (χ3n) is 0.471. The zero-order valence-corrected chi connectivity index (χ0v) is 8.94. The molecule has 0 unspecified atom stereocenters. The zero-order chi connectivity index (χ0) is 4.28. The Labute approximate surface area is 75.0 Å². The van der Waals surface area contributed by atoms with Crippen molar-refractivity contribution < 1.29 is 34.0 Å². The molecule has 0 fully saturated rings. The second-order valence-corrected chi connectivity index (χ2v) is 2.10. The molecule has 0 aliphatic heterocycles. The van der Waals surface area contributed by atoms with E-state index in [2.05, 4.69) is 30.1 Å². The molecule has 0 aliphatic rings. The van der Waals surface area contributed by atoms with Gasteiger partial charge in [-0.15, -0.1) is 0 Å². The van der Waals surface area contributed by atoms with Crippen LogP contribution in [0, 0.1) is 5.92 Å². The first-order chi connectivity index (χ1) is 2.27. The number of hydrogen-bond acceptors (Lipinski definition) is 0. The molecular weight excluding hydrogens is 235 g/mol. The van der Waals surface area contributed by atoms with Gasteiger partial charge in [0.25, 0.3) is 0 Å². The molecule has 0 aliphatic carbocycles.